The summed E-state index contributed by atoms with van der Waals surface area (Å²) < 4.78 is 27.6. The predicted molar refractivity (Wildman–Crippen MR) is 115 cm³/mol. The van der Waals surface area contributed by atoms with Gasteiger partial charge in [-0.15, -0.1) is 0 Å². The van der Waals surface area contributed by atoms with Crippen molar-refractivity contribution in [1.29, 1.82) is 0 Å². The van der Waals surface area contributed by atoms with Crippen LogP contribution in [-0.2, 0) is 14.8 Å². The fourth-order valence-electron chi connectivity index (χ4n) is 4.39. The van der Waals surface area contributed by atoms with Gasteiger partial charge in [-0.2, -0.15) is 4.31 Å². The second kappa shape index (κ2) is 8.74. The Kier molecular flexibility index (Phi) is 6.70. The molecule has 1 amide bonds. The van der Waals surface area contributed by atoms with Crippen molar-refractivity contribution in [3.05, 3.63) is 30.3 Å². The van der Waals surface area contributed by atoms with E-state index in [4.69, 9.17) is 0 Å². The average molecular weight is 422 g/mol. The largest absolute Gasteiger partial charge is 0.323 e. The lowest BCUT2D eigenvalue weighted by molar-refractivity contribution is -0.134. The maximum atomic E-state index is 13.3. The maximum absolute atomic E-state index is 13.3. The maximum Gasteiger partial charge on any atom is 0.243 e. The van der Waals surface area contributed by atoms with E-state index in [9.17, 15) is 13.2 Å². The van der Waals surface area contributed by atoms with Crippen LogP contribution in [0.5, 0.6) is 0 Å². The fourth-order valence-corrected chi connectivity index (χ4v) is 5.85. The minimum atomic E-state index is -3.50. The minimum absolute atomic E-state index is 0.179. The number of rotatable bonds is 7. The Bertz CT molecular complexity index is 804. The molecule has 2 fully saturated rings. The number of nitrogens with zero attached hydrogens (tertiary/aromatic N) is 2. The molecule has 1 N–H and O–H groups in total. The molecule has 1 aromatic rings. The van der Waals surface area contributed by atoms with E-state index in [1.165, 1.54) is 0 Å². The standard InChI is InChI=1S/C22H35N3O3S/c1-5-17(3)16-25-21(26)20(18(4)6-2)23-22(25)12-14-24(15-13-22)29(27,28)19-10-8-7-9-11-19/h7-11,17-18,20,23H,5-6,12-16H2,1-4H3/t17-,18-,20+/m0/s1. The molecule has 0 unspecified atom stereocenters. The van der Waals surface area contributed by atoms with E-state index in [2.05, 4.69) is 33.0 Å². The quantitative estimate of drug-likeness (QED) is 0.735. The van der Waals surface area contributed by atoms with Gasteiger partial charge in [0, 0.05) is 19.6 Å². The lowest BCUT2D eigenvalue weighted by atomic mass is 9.95. The van der Waals surface area contributed by atoms with Crippen molar-refractivity contribution < 1.29 is 13.2 Å². The van der Waals surface area contributed by atoms with Gasteiger partial charge in [0.15, 0.2) is 0 Å². The first-order valence-electron chi connectivity index (χ1n) is 10.9. The molecule has 1 spiro atoms. The van der Waals surface area contributed by atoms with Crippen LogP contribution >= 0.6 is 0 Å². The number of carbonyl (C=O) groups excluding carboxylic acids is 1. The van der Waals surface area contributed by atoms with Crippen LogP contribution in [-0.4, -0.2) is 54.9 Å². The van der Waals surface area contributed by atoms with Gasteiger partial charge in [-0.05, 0) is 36.8 Å². The zero-order valence-corrected chi connectivity index (χ0v) is 18.9. The van der Waals surface area contributed by atoms with Crippen LogP contribution in [0.2, 0.25) is 0 Å². The summed E-state index contributed by atoms with van der Waals surface area (Å²) >= 11 is 0. The Morgan fingerprint density at radius 1 is 1.10 bits per heavy atom. The SMILES string of the molecule is CC[C@H](C)CN1C(=O)[C@@H]([C@@H](C)CC)NC12CCN(S(=O)(=O)c1ccccc1)CC2. The van der Waals surface area contributed by atoms with E-state index >= 15 is 0 Å². The van der Waals surface area contributed by atoms with Gasteiger partial charge >= 0.3 is 0 Å². The van der Waals surface area contributed by atoms with Crippen LogP contribution in [0.15, 0.2) is 35.2 Å². The van der Waals surface area contributed by atoms with Gasteiger partial charge in [-0.1, -0.05) is 58.7 Å². The van der Waals surface area contributed by atoms with Crippen LogP contribution in [0.25, 0.3) is 0 Å². The van der Waals surface area contributed by atoms with Gasteiger partial charge in [0.1, 0.15) is 0 Å². The molecule has 2 aliphatic heterocycles. The first-order valence-corrected chi connectivity index (χ1v) is 12.3. The number of amides is 1. The van der Waals surface area contributed by atoms with E-state index in [0.29, 0.717) is 36.7 Å². The summed E-state index contributed by atoms with van der Waals surface area (Å²) in [6.07, 6.45) is 3.19. The molecule has 162 valence electrons. The van der Waals surface area contributed by atoms with Crippen LogP contribution in [0.3, 0.4) is 0 Å². The Labute approximate surface area is 175 Å². The zero-order chi connectivity index (χ0) is 21.2. The lowest BCUT2D eigenvalue weighted by Gasteiger charge is -2.45. The van der Waals surface area contributed by atoms with Gasteiger partial charge in [-0.25, -0.2) is 8.42 Å². The monoisotopic (exact) mass is 421 g/mol. The molecular weight excluding hydrogens is 386 g/mol. The van der Waals surface area contributed by atoms with Gasteiger partial charge in [-0.3, -0.25) is 10.1 Å². The van der Waals surface area contributed by atoms with Crippen molar-refractivity contribution in [2.45, 2.75) is 70.0 Å². The number of carbonyl (C=O) groups is 1. The molecule has 2 saturated heterocycles. The molecule has 0 aromatic heterocycles. The number of sulfonamides is 1. The smallest absolute Gasteiger partial charge is 0.243 e. The number of hydrogen-bond acceptors (Lipinski definition) is 4. The number of benzene rings is 1. The van der Waals surface area contributed by atoms with Crippen molar-refractivity contribution in [2.75, 3.05) is 19.6 Å². The fraction of sp³-hybridized carbons (Fsp3) is 0.682. The molecule has 1 aromatic carbocycles. The van der Waals surface area contributed by atoms with Crippen molar-refractivity contribution in [3.8, 4) is 0 Å². The molecule has 2 heterocycles. The van der Waals surface area contributed by atoms with E-state index < -0.39 is 15.7 Å². The second-order valence-electron chi connectivity index (χ2n) is 8.72. The molecule has 7 heteroatoms. The van der Waals surface area contributed by atoms with Gasteiger partial charge in [0.25, 0.3) is 0 Å². The lowest BCUT2D eigenvalue weighted by Crippen LogP contribution is -2.60. The summed E-state index contributed by atoms with van der Waals surface area (Å²) in [4.78, 5) is 15.6. The summed E-state index contributed by atoms with van der Waals surface area (Å²) in [6.45, 7) is 10.1. The van der Waals surface area contributed by atoms with Crippen LogP contribution in [0, 0.1) is 11.8 Å². The summed E-state index contributed by atoms with van der Waals surface area (Å²) in [5.74, 6) is 0.853. The highest BCUT2D eigenvalue weighted by Crippen LogP contribution is 2.37. The van der Waals surface area contributed by atoms with Crippen molar-refractivity contribution >= 4 is 15.9 Å². The van der Waals surface area contributed by atoms with Crippen molar-refractivity contribution in [1.82, 2.24) is 14.5 Å². The highest BCUT2D eigenvalue weighted by atomic mass is 32.2. The first kappa shape index (κ1) is 22.2. The highest BCUT2D eigenvalue weighted by Gasteiger charge is 2.53. The third-order valence-electron chi connectivity index (χ3n) is 6.81. The Balaban J connectivity index is 1.81. The molecule has 0 radical (unpaired) electrons. The molecule has 6 nitrogen and oxygen atoms in total. The van der Waals surface area contributed by atoms with Crippen LogP contribution in [0.1, 0.15) is 53.4 Å². The predicted octanol–water partition coefficient (Wildman–Crippen LogP) is 3.06. The first-order chi connectivity index (χ1) is 13.7. The van der Waals surface area contributed by atoms with E-state index in [0.717, 1.165) is 19.4 Å². The molecule has 3 atom stereocenters. The molecular formula is C22H35N3O3S. The Morgan fingerprint density at radius 3 is 2.28 bits per heavy atom. The summed E-state index contributed by atoms with van der Waals surface area (Å²) in [7, 11) is -3.50. The van der Waals surface area contributed by atoms with Crippen LogP contribution in [0.4, 0.5) is 0 Å². The normalized spacial score (nSPS) is 24.8. The average Bonchev–Trinajstić information content (AvgIpc) is 3.00. The second-order valence-corrected chi connectivity index (χ2v) is 10.7. The number of piperidine rings is 1. The molecule has 0 saturated carbocycles. The molecule has 3 rings (SSSR count). The Morgan fingerprint density at radius 2 is 1.72 bits per heavy atom. The summed E-state index contributed by atoms with van der Waals surface area (Å²) in [6, 6.07) is 8.43. The molecule has 29 heavy (non-hydrogen) atoms. The molecule has 2 aliphatic rings. The summed E-state index contributed by atoms with van der Waals surface area (Å²) in [5, 5.41) is 3.65. The molecule has 0 bridgehead atoms. The van der Waals surface area contributed by atoms with Crippen LogP contribution < -0.4 is 5.32 Å². The van der Waals surface area contributed by atoms with Crippen molar-refractivity contribution in [3.63, 3.8) is 0 Å². The van der Waals surface area contributed by atoms with E-state index in [-0.39, 0.29) is 17.9 Å². The van der Waals surface area contributed by atoms with Gasteiger partial charge in [0.2, 0.25) is 15.9 Å². The third kappa shape index (κ3) is 4.23. The minimum Gasteiger partial charge on any atom is -0.323 e. The highest BCUT2D eigenvalue weighted by molar-refractivity contribution is 7.89. The summed E-state index contributed by atoms with van der Waals surface area (Å²) in [5.41, 5.74) is -0.433. The zero-order valence-electron chi connectivity index (χ0n) is 18.1. The Hall–Kier alpha value is -1.44. The topological polar surface area (TPSA) is 69.7 Å². The molecule has 0 aliphatic carbocycles. The third-order valence-corrected chi connectivity index (χ3v) is 8.72. The van der Waals surface area contributed by atoms with Gasteiger partial charge in [0.05, 0.1) is 16.6 Å². The van der Waals surface area contributed by atoms with Crippen molar-refractivity contribution in [2.24, 2.45) is 11.8 Å². The number of hydrogen-bond donors (Lipinski definition) is 1. The van der Waals surface area contributed by atoms with E-state index in [1.54, 1.807) is 28.6 Å². The number of nitrogens with one attached hydrogen (secondary N) is 1. The van der Waals surface area contributed by atoms with E-state index in [1.807, 2.05) is 11.0 Å². The van der Waals surface area contributed by atoms with Gasteiger partial charge < -0.3 is 4.90 Å².